The topological polar surface area (TPSA) is 82.1 Å². The van der Waals surface area contributed by atoms with E-state index in [9.17, 15) is 13.2 Å². The minimum absolute atomic E-state index is 0.363. The highest BCUT2D eigenvalue weighted by Crippen LogP contribution is 2.32. The molecule has 0 bridgehead atoms. The lowest BCUT2D eigenvalue weighted by Gasteiger charge is -2.36. The smallest absolute Gasteiger partial charge is 0.338 e. The molecule has 2 heterocycles. The summed E-state index contributed by atoms with van der Waals surface area (Å²) >= 11 is 0. The molecule has 0 radical (unpaired) electrons. The molecule has 1 spiro atoms. The minimum Gasteiger partial charge on any atom is -0.456 e. The third-order valence-electron chi connectivity index (χ3n) is 5.29. The maximum Gasteiger partial charge on any atom is 0.338 e. The highest BCUT2D eigenvalue weighted by Gasteiger charge is 2.41. The Kier molecular flexibility index (Phi) is 6.43. The van der Waals surface area contributed by atoms with Crippen molar-refractivity contribution < 1.29 is 27.4 Å². The van der Waals surface area contributed by atoms with E-state index in [0.29, 0.717) is 44.7 Å². The van der Waals surface area contributed by atoms with Crippen LogP contribution in [0.15, 0.2) is 17.5 Å². The third-order valence-corrected chi connectivity index (χ3v) is 6.86. The average molecular weight is 438 g/mol. The van der Waals surface area contributed by atoms with Crippen LogP contribution in [-0.2, 0) is 24.2 Å². The van der Waals surface area contributed by atoms with Crippen molar-refractivity contribution in [3.05, 3.63) is 39.8 Å². The fourth-order valence-corrected chi connectivity index (χ4v) is 4.97. The first-order chi connectivity index (χ1) is 13.9. The van der Waals surface area contributed by atoms with E-state index < -0.39 is 27.4 Å². The molecule has 166 valence electrons. The van der Waals surface area contributed by atoms with Crippen molar-refractivity contribution in [3.63, 3.8) is 0 Å². The van der Waals surface area contributed by atoms with Gasteiger partial charge in [0.25, 0.3) is 0 Å². The Morgan fingerprint density at radius 1 is 1.10 bits per heavy atom. The molecule has 3 rings (SSSR count). The van der Waals surface area contributed by atoms with Crippen molar-refractivity contribution in [2.24, 2.45) is 0 Å². The van der Waals surface area contributed by atoms with Gasteiger partial charge < -0.3 is 14.2 Å². The van der Waals surface area contributed by atoms with Crippen molar-refractivity contribution in [2.75, 3.05) is 26.3 Å². The van der Waals surface area contributed by atoms with Crippen LogP contribution in [0.2, 0.25) is 0 Å². The summed E-state index contributed by atoms with van der Waals surface area (Å²) in [6.45, 7) is 11.0. The van der Waals surface area contributed by atoms with Gasteiger partial charge >= 0.3 is 5.97 Å². The Bertz CT molecular complexity index is 906. The average Bonchev–Trinajstić information content (AvgIpc) is 3.07. The summed E-state index contributed by atoms with van der Waals surface area (Å²) in [4.78, 5) is 12.3. The van der Waals surface area contributed by atoms with Gasteiger partial charge in [-0.05, 0) is 69.5 Å². The van der Waals surface area contributed by atoms with Crippen LogP contribution in [0.3, 0.4) is 0 Å². The van der Waals surface area contributed by atoms with Gasteiger partial charge in [0, 0.05) is 31.3 Å². The molecule has 2 aliphatic rings. The zero-order chi connectivity index (χ0) is 22.2. The van der Waals surface area contributed by atoms with Crippen molar-refractivity contribution >= 4 is 22.1 Å². The molecule has 0 aromatic heterocycles. The number of carbonyl (C=O) groups is 1. The number of nitrogens with zero attached hydrogens (tertiary/aromatic N) is 1. The third kappa shape index (κ3) is 5.29. The van der Waals surface area contributed by atoms with Crippen LogP contribution in [0.1, 0.15) is 60.7 Å². The Morgan fingerprint density at radius 2 is 1.63 bits per heavy atom. The molecule has 7 nitrogen and oxygen atoms in total. The molecule has 0 N–H and O–H groups in total. The molecule has 0 unspecified atom stereocenters. The maximum absolute atomic E-state index is 12.8. The van der Waals surface area contributed by atoms with Crippen LogP contribution in [0.25, 0.3) is 6.08 Å². The van der Waals surface area contributed by atoms with Crippen LogP contribution >= 0.6 is 0 Å². The van der Waals surface area contributed by atoms with E-state index in [1.807, 2.05) is 34.6 Å². The second-order valence-electron chi connectivity index (χ2n) is 8.88. The van der Waals surface area contributed by atoms with Gasteiger partial charge in [-0.25, -0.2) is 13.2 Å². The summed E-state index contributed by atoms with van der Waals surface area (Å²) < 4.78 is 43.8. The van der Waals surface area contributed by atoms with Crippen LogP contribution < -0.4 is 0 Å². The molecule has 0 saturated carbocycles. The second kappa shape index (κ2) is 8.42. The Balaban J connectivity index is 1.73. The number of hydrogen-bond donors (Lipinski definition) is 0. The molecule has 30 heavy (non-hydrogen) atoms. The number of carbonyl (C=O) groups excluding carboxylic acids is 1. The van der Waals surface area contributed by atoms with E-state index in [1.54, 1.807) is 18.2 Å². The fraction of sp³-hybridized carbons (Fsp3) is 0.591. The highest BCUT2D eigenvalue weighted by atomic mass is 32.2. The van der Waals surface area contributed by atoms with Gasteiger partial charge in [-0.1, -0.05) is 0 Å². The molecule has 0 amide bonds. The Hall–Kier alpha value is -1.74. The van der Waals surface area contributed by atoms with E-state index in [4.69, 9.17) is 14.2 Å². The number of rotatable bonds is 4. The zero-order valence-electron chi connectivity index (χ0n) is 18.4. The molecular weight excluding hydrogens is 406 g/mol. The molecule has 1 aromatic rings. The summed E-state index contributed by atoms with van der Waals surface area (Å²) in [5.41, 5.74) is 2.28. The summed E-state index contributed by atoms with van der Waals surface area (Å²) in [5, 5.41) is 1.24. The maximum atomic E-state index is 12.8. The first-order valence-corrected chi connectivity index (χ1v) is 11.7. The summed E-state index contributed by atoms with van der Waals surface area (Å²) in [7, 11) is -3.56. The van der Waals surface area contributed by atoms with Crippen molar-refractivity contribution in [1.29, 1.82) is 0 Å². The predicted molar refractivity (Wildman–Crippen MR) is 114 cm³/mol. The molecule has 2 aliphatic heterocycles. The van der Waals surface area contributed by atoms with E-state index >= 15 is 0 Å². The van der Waals surface area contributed by atoms with Gasteiger partial charge in [-0.2, -0.15) is 4.31 Å². The normalized spacial score (nSPS) is 20.2. The van der Waals surface area contributed by atoms with Crippen LogP contribution in [0.5, 0.6) is 0 Å². The number of benzene rings is 1. The lowest BCUT2D eigenvalue weighted by Crippen LogP contribution is -2.46. The quantitative estimate of drug-likeness (QED) is 0.672. The molecule has 0 atom stereocenters. The summed E-state index contributed by atoms with van der Waals surface area (Å²) in [6, 6.07) is 3.46. The number of aryl methyl sites for hydroxylation is 2. The van der Waals surface area contributed by atoms with Gasteiger partial charge in [0.1, 0.15) is 5.60 Å². The lowest BCUT2D eigenvalue weighted by atomic mass is 9.99. The van der Waals surface area contributed by atoms with Crippen LogP contribution in [0.4, 0.5) is 0 Å². The number of sulfonamides is 1. The van der Waals surface area contributed by atoms with E-state index in [1.165, 1.54) is 9.71 Å². The van der Waals surface area contributed by atoms with Gasteiger partial charge in [-0.15, -0.1) is 0 Å². The first kappa shape index (κ1) is 22.9. The van der Waals surface area contributed by atoms with Gasteiger partial charge in [0.2, 0.25) is 10.0 Å². The van der Waals surface area contributed by atoms with E-state index in [2.05, 4.69) is 0 Å². The number of hydrogen-bond acceptors (Lipinski definition) is 6. The largest absolute Gasteiger partial charge is 0.456 e. The van der Waals surface area contributed by atoms with Crippen LogP contribution in [-0.4, -0.2) is 56.4 Å². The predicted octanol–water partition coefficient (Wildman–Crippen LogP) is 3.40. The SMILES string of the molecule is Cc1cc(C(=O)OC(C)(C)C)cc(C)c1C=CS(=O)(=O)N1CCC2(CC1)OCCO2. The van der Waals surface area contributed by atoms with Gasteiger partial charge in [-0.3, -0.25) is 0 Å². The highest BCUT2D eigenvalue weighted by molar-refractivity contribution is 7.92. The number of ether oxygens (including phenoxy) is 3. The molecule has 1 aromatic carbocycles. The van der Waals surface area contributed by atoms with Crippen molar-refractivity contribution in [2.45, 2.75) is 58.8 Å². The van der Waals surface area contributed by atoms with Gasteiger partial charge in [0.15, 0.2) is 5.79 Å². The summed E-state index contributed by atoms with van der Waals surface area (Å²) in [6.07, 6.45) is 2.66. The molecule has 2 fully saturated rings. The Labute approximate surface area is 179 Å². The van der Waals surface area contributed by atoms with Crippen molar-refractivity contribution in [3.8, 4) is 0 Å². The Morgan fingerprint density at radius 3 is 2.13 bits per heavy atom. The van der Waals surface area contributed by atoms with Crippen LogP contribution in [0, 0.1) is 13.8 Å². The number of esters is 1. The minimum atomic E-state index is -3.56. The standard InChI is InChI=1S/C22H31NO6S/c1-16-14-18(20(24)29-21(3,4)5)15-17(2)19(16)6-13-30(25,26)23-9-7-22(8-10-23)27-11-12-28-22/h6,13-15H,7-12H2,1-5H3. The van der Waals surface area contributed by atoms with Gasteiger partial charge in [0.05, 0.1) is 18.8 Å². The van der Waals surface area contributed by atoms with E-state index in [-0.39, 0.29) is 0 Å². The lowest BCUT2D eigenvalue weighted by molar-refractivity contribution is -0.179. The first-order valence-electron chi connectivity index (χ1n) is 10.2. The molecular formula is C22H31NO6S. The summed E-state index contributed by atoms with van der Waals surface area (Å²) in [5.74, 6) is -1.00. The molecule has 0 aliphatic carbocycles. The molecule has 8 heteroatoms. The monoisotopic (exact) mass is 437 g/mol. The van der Waals surface area contributed by atoms with Crippen molar-refractivity contribution in [1.82, 2.24) is 4.31 Å². The molecule has 2 saturated heterocycles. The second-order valence-corrected chi connectivity index (χ2v) is 10.7. The van der Waals surface area contributed by atoms with E-state index in [0.717, 1.165) is 16.7 Å². The zero-order valence-corrected chi connectivity index (χ0v) is 19.2. The number of piperidine rings is 1. The fourth-order valence-electron chi connectivity index (χ4n) is 3.80.